The number of rotatable bonds is 7. The number of aromatic nitrogens is 2. The zero-order chi connectivity index (χ0) is 16.3. The van der Waals surface area contributed by atoms with E-state index in [4.69, 9.17) is 0 Å². The Bertz CT molecular complexity index is 550. The minimum Gasteiger partial charge on any atom is -0.481 e. The van der Waals surface area contributed by atoms with Crippen LogP contribution in [0, 0.1) is 25.7 Å². The molecule has 1 aromatic heterocycles. The molecule has 1 aliphatic heterocycles. The van der Waals surface area contributed by atoms with Gasteiger partial charge in [0.25, 0.3) is 0 Å². The van der Waals surface area contributed by atoms with Crippen LogP contribution in [0.4, 0.5) is 0 Å². The molecule has 1 N–H and O–H groups in total. The first-order chi connectivity index (χ1) is 10.5. The maximum absolute atomic E-state index is 11.5. The second kappa shape index (κ2) is 7.09. The van der Waals surface area contributed by atoms with Crippen molar-refractivity contribution in [3.05, 3.63) is 29.6 Å². The lowest BCUT2D eigenvalue weighted by Crippen LogP contribution is -2.23. The summed E-state index contributed by atoms with van der Waals surface area (Å²) in [6.45, 7) is 13.0. The molecular weight excluding hydrogens is 278 g/mol. The summed E-state index contributed by atoms with van der Waals surface area (Å²) in [5.41, 5.74) is 3.41. The number of nitrogens with zero attached hydrogens (tertiary/aromatic N) is 3. The van der Waals surface area contributed by atoms with Crippen molar-refractivity contribution in [3.63, 3.8) is 0 Å². The number of carbonyl (C=O) groups is 1. The van der Waals surface area contributed by atoms with Gasteiger partial charge in [0, 0.05) is 30.9 Å². The molecule has 5 heteroatoms. The minimum atomic E-state index is -0.656. The molecule has 0 unspecified atom stereocenters. The number of hydrogen-bond donors (Lipinski definition) is 1. The standard InChI is InChI=1S/C17H27N3O2/c1-5-7-14-9-19(11-16(14)17(21)22)10-15-12(3)18-20(8-6-2)13(15)4/h6,14,16H,2,5,7-11H2,1,3-4H3,(H,21,22)/t14-,16-/m1/s1. The number of carboxylic acids is 1. The van der Waals surface area contributed by atoms with Crippen molar-refractivity contribution in [1.29, 1.82) is 0 Å². The molecule has 1 aromatic rings. The van der Waals surface area contributed by atoms with Crippen LogP contribution in [0.3, 0.4) is 0 Å². The Kier molecular flexibility index (Phi) is 5.40. The molecule has 1 fully saturated rings. The van der Waals surface area contributed by atoms with Crippen LogP contribution in [0.1, 0.15) is 36.7 Å². The lowest BCUT2D eigenvalue weighted by atomic mass is 9.92. The Hall–Kier alpha value is -1.62. The van der Waals surface area contributed by atoms with Crippen LogP contribution in [0.25, 0.3) is 0 Å². The number of aliphatic carboxylic acids is 1. The molecule has 0 spiro atoms. The maximum atomic E-state index is 11.5. The average Bonchev–Trinajstić information content (AvgIpc) is 2.97. The van der Waals surface area contributed by atoms with Gasteiger partial charge in [-0.05, 0) is 26.2 Å². The second-order valence-electron chi connectivity index (χ2n) is 6.31. The van der Waals surface area contributed by atoms with E-state index in [0.29, 0.717) is 13.1 Å². The van der Waals surface area contributed by atoms with Crippen LogP contribution in [0.5, 0.6) is 0 Å². The predicted molar refractivity (Wildman–Crippen MR) is 86.7 cm³/mol. The van der Waals surface area contributed by atoms with Gasteiger partial charge in [-0.25, -0.2) is 0 Å². The zero-order valence-corrected chi connectivity index (χ0v) is 13.9. The van der Waals surface area contributed by atoms with Crippen molar-refractivity contribution in [2.45, 2.75) is 46.7 Å². The van der Waals surface area contributed by atoms with E-state index in [1.54, 1.807) is 0 Å². The average molecular weight is 305 g/mol. The van der Waals surface area contributed by atoms with E-state index in [0.717, 1.165) is 37.3 Å². The third kappa shape index (κ3) is 3.40. The first kappa shape index (κ1) is 16.7. The van der Waals surface area contributed by atoms with Gasteiger partial charge in [-0.15, -0.1) is 6.58 Å². The first-order valence-corrected chi connectivity index (χ1v) is 8.06. The summed E-state index contributed by atoms with van der Waals surface area (Å²) in [5.74, 6) is -0.619. The lowest BCUT2D eigenvalue weighted by Gasteiger charge is -2.16. The van der Waals surface area contributed by atoms with E-state index in [1.807, 2.05) is 17.7 Å². The lowest BCUT2D eigenvalue weighted by molar-refractivity contribution is -0.142. The van der Waals surface area contributed by atoms with Crippen LogP contribution in [-0.4, -0.2) is 38.8 Å². The van der Waals surface area contributed by atoms with Gasteiger partial charge in [-0.3, -0.25) is 14.4 Å². The van der Waals surface area contributed by atoms with E-state index < -0.39 is 5.97 Å². The fraction of sp³-hybridized carbons (Fsp3) is 0.647. The third-order valence-corrected chi connectivity index (χ3v) is 4.71. The molecule has 0 amide bonds. The Morgan fingerprint density at radius 3 is 2.77 bits per heavy atom. The van der Waals surface area contributed by atoms with Gasteiger partial charge in [-0.1, -0.05) is 19.4 Å². The number of hydrogen-bond acceptors (Lipinski definition) is 3. The van der Waals surface area contributed by atoms with Gasteiger partial charge in [0.2, 0.25) is 0 Å². The van der Waals surface area contributed by atoms with Gasteiger partial charge in [0.15, 0.2) is 0 Å². The summed E-state index contributed by atoms with van der Waals surface area (Å²) in [4.78, 5) is 13.7. The summed E-state index contributed by atoms with van der Waals surface area (Å²) in [7, 11) is 0. The maximum Gasteiger partial charge on any atom is 0.308 e. The van der Waals surface area contributed by atoms with E-state index in [1.165, 1.54) is 5.56 Å². The molecule has 0 aromatic carbocycles. The second-order valence-corrected chi connectivity index (χ2v) is 6.31. The van der Waals surface area contributed by atoms with E-state index in [2.05, 4.69) is 30.4 Å². The van der Waals surface area contributed by atoms with Crippen molar-refractivity contribution in [3.8, 4) is 0 Å². The van der Waals surface area contributed by atoms with Crippen molar-refractivity contribution in [2.24, 2.45) is 11.8 Å². The third-order valence-electron chi connectivity index (χ3n) is 4.71. The highest BCUT2D eigenvalue weighted by molar-refractivity contribution is 5.71. The molecule has 122 valence electrons. The van der Waals surface area contributed by atoms with E-state index >= 15 is 0 Å². The minimum absolute atomic E-state index is 0.233. The molecule has 22 heavy (non-hydrogen) atoms. The Morgan fingerprint density at radius 2 is 2.18 bits per heavy atom. The molecular formula is C17H27N3O2. The smallest absolute Gasteiger partial charge is 0.308 e. The van der Waals surface area contributed by atoms with Gasteiger partial charge in [-0.2, -0.15) is 5.10 Å². The van der Waals surface area contributed by atoms with Crippen LogP contribution in [-0.2, 0) is 17.9 Å². The summed E-state index contributed by atoms with van der Waals surface area (Å²) in [5, 5.41) is 14.0. The van der Waals surface area contributed by atoms with Gasteiger partial charge in [0.1, 0.15) is 0 Å². The quantitative estimate of drug-likeness (QED) is 0.787. The number of likely N-dealkylation sites (tertiary alicyclic amines) is 1. The first-order valence-electron chi connectivity index (χ1n) is 8.06. The topological polar surface area (TPSA) is 58.4 Å². The summed E-state index contributed by atoms with van der Waals surface area (Å²) >= 11 is 0. The van der Waals surface area contributed by atoms with Gasteiger partial charge >= 0.3 is 5.97 Å². The van der Waals surface area contributed by atoms with Crippen LogP contribution >= 0.6 is 0 Å². The summed E-state index contributed by atoms with van der Waals surface area (Å²) < 4.78 is 1.96. The largest absolute Gasteiger partial charge is 0.481 e. The van der Waals surface area contributed by atoms with E-state index in [9.17, 15) is 9.90 Å². The summed E-state index contributed by atoms with van der Waals surface area (Å²) in [6.07, 6.45) is 3.87. The Morgan fingerprint density at radius 1 is 1.45 bits per heavy atom. The van der Waals surface area contributed by atoms with Crippen molar-refractivity contribution < 1.29 is 9.90 Å². The van der Waals surface area contributed by atoms with Gasteiger partial charge < -0.3 is 5.11 Å². The highest BCUT2D eigenvalue weighted by Crippen LogP contribution is 2.29. The van der Waals surface area contributed by atoms with E-state index in [-0.39, 0.29) is 11.8 Å². The molecule has 0 radical (unpaired) electrons. The fourth-order valence-electron chi connectivity index (χ4n) is 3.52. The Labute approximate surface area is 132 Å². The van der Waals surface area contributed by atoms with Crippen LogP contribution in [0.2, 0.25) is 0 Å². The monoisotopic (exact) mass is 305 g/mol. The number of aryl methyl sites for hydroxylation is 1. The molecule has 0 saturated carbocycles. The van der Waals surface area contributed by atoms with Crippen LogP contribution < -0.4 is 0 Å². The molecule has 1 aliphatic rings. The highest BCUT2D eigenvalue weighted by atomic mass is 16.4. The molecule has 1 saturated heterocycles. The molecule has 2 heterocycles. The zero-order valence-electron chi connectivity index (χ0n) is 13.9. The normalized spacial score (nSPS) is 22.1. The fourth-order valence-corrected chi connectivity index (χ4v) is 3.52. The molecule has 0 bridgehead atoms. The SMILES string of the molecule is C=CCn1nc(C)c(CN2C[C@@H](CCC)[C@H](C(=O)O)C2)c1C. The molecule has 2 atom stereocenters. The van der Waals surface area contributed by atoms with Gasteiger partial charge in [0.05, 0.1) is 18.2 Å². The predicted octanol–water partition coefficient (Wildman–Crippen LogP) is 2.62. The van der Waals surface area contributed by atoms with Crippen molar-refractivity contribution >= 4 is 5.97 Å². The number of allylic oxidation sites excluding steroid dienone is 1. The van der Waals surface area contributed by atoms with Crippen LogP contribution in [0.15, 0.2) is 12.7 Å². The summed E-state index contributed by atoms with van der Waals surface area (Å²) in [6, 6.07) is 0. The van der Waals surface area contributed by atoms with Crippen molar-refractivity contribution in [2.75, 3.05) is 13.1 Å². The molecule has 5 nitrogen and oxygen atoms in total. The molecule has 0 aliphatic carbocycles. The number of carboxylic acid groups (broad SMARTS) is 1. The Balaban J connectivity index is 2.11. The van der Waals surface area contributed by atoms with Crippen molar-refractivity contribution in [1.82, 2.24) is 14.7 Å². The highest BCUT2D eigenvalue weighted by Gasteiger charge is 2.37. The molecule has 2 rings (SSSR count).